The van der Waals surface area contributed by atoms with E-state index >= 15 is 0 Å². The maximum atomic E-state index is 11.4. The van der Waals surface area contributed by atoms with Gasteiger partial charge in [-0.25, -0.2) is 0 Å². The molecule has 0 radical (unpaired) electrons. The molecule has 0 saturated heterocycles. The second kappa shape index (κ2) is 7.29. The molecule has 98 valence electrons. The van der Waals surface area contributed by atoms with Crippen LogP contribution in [0.1, 0.15) is 6.42 Å². The van der Waals surface area contributed by atoms with Crippen molar-refractivity contribution in [3.05, 3.63) is 30.3 Å². The van der Waals surface area contributed by atoms with Crippen LogP contribution in [0.2, 0.25) is 0 Å². The van der Waals surface area contributed by atoms with Crippen molar-refractivity contribution in [2.45, 2.75) is 12.5 Å². The van der Waals surface area contributed by atoms with Crippen LogP contribution in [0.4, 0.5) is 0 Å². The number of nitrogens with two attached hydrogens (primary N) is 2. The molecule has 0 aromatic heterocycles. The van der Waals surface area contributed by atoms with E-state index in [0.29, 0.717) is 13.2 Å². The lowest BCUT2D eigenvalue weighted by Crippen LogP contribution is -2.44. The Morgan fingerprint density at radius 3 is 2.56 bits per heavy atom. The van der Waals surface area contributed by atoms with Crippen molar-refractivity contribution >= 4 is 11.8 Å². The Labute approximate surface area is 105 Å². The van der Waals surface area contributed by atoms with Crippen LogP contribution >= 0.6 is 0 Å². The van der Waals surface area contributed by atoms with Gasteiger partial charge in [-0.3, -0.25) is 9.59 Å². The maximum absolute atomic E-state index is 11.4. The molecule has 1 rings (SSSR count). The predicted molar refractivity (Wildman–Crippen MR) is 66.7 cm³/mol. The van der Waals surface area contributed by atoms with Crippen LogP contribution in [0.25, 0.3) is 0 Å². The molecule has 0 heterocycles. The standard InChI is InChI=1S/C12H17N3O3/c13-10(8-11(14)16)12(17)15-6-7-18-9-4-2-1-3-5-9/h1-5,10H,6-8,13H2,(H2,14,16)(H,15,17)/t10-/m1/s1. The summed E-state index contributed by atoms with van der Waals surface area (Å²) in [5, 5.41) is 2.56. The molecular formula is C12H17N3O3. The van der Waals surface area contributed by atoms with E-state index in [1.807, 2.05) is 30.3 Å². The molecule has 0 spiro atoms. The second-order valence-corrected chi connectivity index (χ2v) is 3.73. The maximum Gasteiger partial charge on any atom is 0.237 e. The predicted octanol–water partition coefficient (Wildman–Crippen LogP) is -0.616. The Hall–Kier alpha value is -2.08. The molecule has 5 N–H and O–H groups in total. The van der Waals surface area contributed by atoms with Crippen LogP contribution < -0.4 is 21.5 Å². The zero-order valence-corrected chi connectivity index (χ0v) is 9.96. The highest BCUT2D eigenvalue weighted by Gasteiger charge is 2.14. The smallest absolute Gasteiger partial charge is 0.237 e. The first kappa shape index (κ1) is 14.0. The van der Waals surface area contributed by atoms with Gasteiger partial charge in [0.05, 0.1) is 19.0 Å². The van der Waals surface area contributed by atoms with Gasteiger partial charge in [-0.1, -0.05) is 18.2 Å². The molecular weight excluding hydrogens is 234 g/mol. The van der Waals surface area contributed by atoms with Crippen LogP contribution in [0, 0.1) is 0 Å². The monoisotopic (exact) mass is 251 g/mol. The molecule has 1 atom stereocenters. The molecule has 0 unspecified atom stereocenters. The molecule has 2 amide bonds. The van der Waals surface area contributed by atoms with Gasteiger partial charge in [0.1, 0.15) is 12.4 Å². The largest absolute Gasteiger partial charge is 0.492 e. The Morgan fingerprint density at radius 2 is 1.94 bits per heavy atom. The van der Waals surface area contributed by atoms with Gasteiger partial charge in [0, 0.05) is 0 Å². The van der Waals surface area contributed by atoms with Gasteiger partial charge in [-0.2, -0.15) is 0 Å². The molecule has 0 aliphatic carbocycles. The lowest BCUT2D eigenvalue weighted by Gasteiger charge is -2.11. The summed E-state index contributed by atoms with van der Waals surface area (Å²) in [5.41, 5.74) is 10.4. The van der Waals surface area contributed by atoms with Crippen LogP contribution in [0.3, 0.4) is 0 Å². The first-order valence-electron chi connectivity index (χ1n) is 5.59. The average Bonchev–Trinajstić information content (AvgIpc) is 2.34. The Balaban J connectivity index is 2.18. The molecule has 6 heteroatoms. The van der Waals surface area contributed by atoms with Crippen LogP contribution in [0.15, 0.2) is 30.3 Å². The molecule has 0 aliphatic heterocycles. The fraction of sp³-hybridized carbons (Fsp3) is 0.333. The Kier molecular flexibility index (Phi) is 5.66. The number of nitrogens with one attached hydrogen (secondary N) is 1. The third-order valence-electron chi connectivity index (χ3n) is 2.17. The molecule has 0 saturated carbocycles. The fourth-order valence-corrected chi connectivity index (χ4v) is 1.30. The summed E-state index contributed by atoms with van der Waals surface area (Å²) in [6.45, 7) is 0.652. The van der Waals surface area contributed by atoms with Crippen molar-refractivity contribution < 1.29 is 14.3 Å². The SMILES string of the molecule is NC(=O)C[C@@H](N)C(=O)NCCOc1ccccc1. The number of rotatable bonds is 7. The number of benzene rings is 1. The van der Waals surface area contributed by atoms with Gasteiger partial charge in [0.2, 0.25) is 11.8 Å². The topological polar surface area (TPSA) is 107 Å². The van der Waals surface area contributed by atoms with Crippen molar-refractivity contribution in [2.75, 3.05) is 13.2 Å². The molecule has 0 fully saturated rings. The molecule has 6 nitrogen and oxygen atoms in total. The third-order valence-corrected chi connectivity index (χ3v) is 2.17. The van der Waals surface area contributed by atoms with Gasteiger partial charge in [0.15, 0.2) is 0 Å². The summed E-state index contributed by atoms with van der Waals surface area (Å²) in [6, 6.07) is 8.34. The minimum Gasteiger partial charge on any atom is -0.492 e. The van der Waals surface area contributed by atoms with Crippen molar-refractivity contribution in [1.29, 1.82) is 0 Å². The number of carbonyl (C=O) groups excluding carboxylic acids is 2. The number of ether oxygens (including phenoxy) is 1. The number of amides is 2. The summed E-state index contributed by atoms with van der Waals surface area (Å²) in [6.07, 6.45) is -0.161. The molecule has 1 aromatic rings. The number of carbonyl (C=O) groups is 2. The van der Waals surface area contributed by atoms with E-state index < -0.39 is 17.9 Å². The fourth-order valence-electron chi connectivity index (χ4n) is 1.30. The summed E-state index contributed by atoms with van der Waals surface area (Å²) >= 11 is 0. The Bertz CT molecular complexity index is 395. The zero-order chi connectivity index (χ0) is 13.4. The van der Waals surface area contributed by atoms with E-state index in [9.17, 15) is 9.59 Å². The van der Waals surface area contributed by atoms with E-state index in [2.05, 4.69) is 5.32 Å². The van der Waals surface area contributed by atoms with Crippen molar-refractivity contribution in [1.82, 2.24) is 5.32 Å². The highest BCUT2D eigenvalue weighted by molar-refractivity contribution is 5.87. The second-order valence-electron chi connectivity index (χ2n) is 3.73. The zero-order valence-electron chi connectivity index (χ0n) is 9.96. The van der Waals surface area contributed by atoms with Crippen molar-refractivity contribution in [3.63, 3.8) is 0 Å². The summed E-state index contributed by atoms with van der Waals surface area (Å²) < 4.78 is 5.37. The first-order valence-corrected chi connectivity index (χ1v) is 5.59. The van der Waals surface area contributed by atoms with Crippen LogP contribution in [-0.4, -0.2) is 31.0 Å². The first-order chi connectivity index (χ1) is 8.59. The van der Waals surface area contributed by atoms with Gasteiger partial charge in [0.25, 0.3) is 0 Å². The lowest BCUT2D eigenvalue weighted by molar-refractivity contribution is -0.126. The van der Waals surface area contributed by atoms with E-state index in [1.54, 1.807) is 0 Å². The number of primary amides is 1. The van der Waals surface area contributed by atoms with Gasteiger partial charge < -0.3 is 21.5 Å². The minimum absolute atomic E-state index is 0.161. The van der Waals surface area contributed by atoms with E-state index in [0.717, 1.165) is 5.75 Å². The normalized spacial score (nSPS) is 11.6. The summed E-state index contributed by atoms with van der Waals surface area (Å²) in [4.78, 5) is 22.0. The van der Waals surface area contributed by atoms with Crippen molar-refractivity contribution in [2.24, 2.45) is 11.5 Å². The summed E-state index contributed by atoms with van der Waals surface area (Å²) in [5.74, 6) is -0.281. The van der Waals surface area contributed by atoms with Gasteiger partial charge >= 0.3 is 0 Å². The number of para-hydroxylation sites is 1. The lowest BCUT2D eigenvalue weighted by atomic mass is 10.2. The Morgan fingerprint density at radius 1 is 1.28 bits per heavy atom. The number of hydrogen-bond acceptors (Lipinski definition) is 4. The van der Waals surface area contributed by atoms with Gasteiger partial charge in [-0.15, -0.1) is 0 Å². The molecule has 18 heavy (non-hydrogen) atoms. The summed E-state index contributed by atoms with van der Waals surface area (Å²) in [7, 11) is 0. The molecule has 0 bridgehead atoms. The highest BCUT2D eigenvalue weighted by atomic mass is 16.5. The highest BCUT2D eigenvalue weighted by Crippen LogP contribution is 2.07. The quantitative estimate of drug-likeness (QED) is 0.561. The van der Waals surface area contributed by atoms with Crippen molar-refractivity contribution in [3.8, 4) is 5.75 Å². The third kappa shape index (κ3) is 5.31. The average molecular weight is 251 g/mol. The molecule has 0 aliphatic rings. The minimum atomic E-state index is -0.903. The van der Waals surface area contributed by atoms with Crippen LogP contribution in [-0.2, 0) is 9.59 Å². The van der Waals surface area contributed by atoms with Gasteiger partial charge in [-0.05, 0) is 12.1 Å². The van der Waals surface area contributed by atoms with Crippen LogP contribution in [0.5, 0.6) is 5.75 Å². The number of hydrogen-bond donors (Lipinski definition) is 3. The molecule has 1 aromatic carbocycles. The van der Waals surface area contributed by atoms with E-state index in [-0.39, 0.29) is 6.42 Å². The van der Waals surface area contributed by atoms with E-state index in [1.165, 1.54) is 0 Å². The van der Waals surface area contributed by atoms with E-state index in [4.69, 9.17) is 16.2 Å².